The summed E-state index contributed by atoms with van der Waals surface area (Å²) in [5, 5.41) is 10.5. The van der Waals surface area contributed by atoms with Crippen LogP contribution in [0.15, 0.2) is 200 Å². The van der Waals surface area contributed by atoms with E-state index in [1.165, 1.54) is 72.2 Å². The molecule has 8 aromatic carbocycles. The van der Waals surface area contributed by atoms with Gasteiger partial charge in [0.05, 0.1) is 22.8 Å². The average Bonchev–Trinajstić information content (AvgIpc) is 3.55. The highest BCUT2D eigenvalue weighted by Crippen LogP contribution is 2.64. The van der Waals surface area contributed by atoms with Crippen molar-refractivity contribution in [3.63, 3.8) is 0 Å². The molecule has 3 nitrogen and oxygen atoms in total. The summed E-state index contributed by atoms with van der Waals surface area (Å²) in [5.74, 6) is 0. The third-order valence-electron chi connectivity index (χ3n) is 11.7. The van der Waals surface area contributed by atoms with Crippen LogP contribution in [0.1, 0.15) is 51.2 Å². The Kier molecular flexibility index (Phi) is 6.98. The minimum absolute atomic E-state index is 0.0339. The molecule has 1 spiro atoms. The van der Waals surface area contributed by atoms with Gasteiger partial charge in [0.2, 0.25) is 0 Å². The Morgan fingerprint density at radius 1 is 0.481 bits per heavy atom. The Morgan fingerprint density at radius 3 is 1.83 bits per heavy atom. The highest BCUT2D eigenvalue weighted by molar-refractivity contribution is 6.03. The molecule has 0 aromatic heterocycles. The number of benzene rings is 8. The van der Waals surface area contributed by atoms with E-state index in [2.05, 4.69) is 216 Å². The van der Waals surface area contributed by atoms with Crippen molar-refractivity contribution in [1.82, 2.24) is 10.6 Å². The van der Waals surface area contributed by atoms with Gasteiger partial charge >= 0.3 is 0 Å². The van der Waals surface area contributed by atoms with Crippen LogP contribution in [0.3, 0.4) is 0 Å². The maximum Gasteiger partial charge on any atom is 0.104 e. The molecule has 0 saturated heterocycles. The Hall–Kier alpha value is -6.68. The van der Waals surface area contributed by atoms with Gasteiger partial charge in [-0.25, -0.2) is 0 Å². The first kappa shape index (κ1) is 30.9. The van der Waals surface area contributed by atoms with Gasteiger partial charge < -0.3 is 10.2 Å². The van der Waals surface area contributed by atoms with Gasteiger partial charge in [0.15, 0.2) is 0 Å². The zero-order valence-corrected chi connectivity index (χ0v) is 29.7. The summed E-state index contributed by atoms with van der Waals surface area (Å²) >= 11 is 0. The molecule has 2 heterocycles. The van der Waals surface area contributed by atoms with Gasteiger partial charge in [0.1, 0.15) is 6.17 Å². The van der Waals surface area contributed by atoms with Crippen LogP contribution in [0.2, 0.25) is 0 Å². The third kappa shape index (κ3) is 4.52. The number of hydrogen-bond acceptors (Lipinski definition) is 3. The van der Waals surface area contributed by atoms with E-state index in [9.17, 15) is 0 Å². The number of nitrogens with zero attached hydrogens (tertiary/aromatic N) is 1. The highest BCUT2D eigenvalue weighted by atomic mass is 15.2. The van der Waals surface area contributed by atoms with Crippen LogP contribution in [-0.2, 0) is 5.41 Å². The molecule has 54 heavy (non-hydrogen) atoms. The second kappa shape index (κ2) is 12.2. The predicted molar refractivity (Wildman–Crippen MR) is 222 cm³/mol. The molecule has 2 unspecified atom stereocenters. The van der Waals surface area contributed by atoms with Crippen LogP contribution in [0.25, 0.3) is 27.6 Å². The first-order valence-corrected chi connectivity index (χ1v) is 18.8. The minimum Gasteiger partial charge on any atom is -0.366 e. The molecule has 3 heteroatoms. The molecule has 8 aromatic rings. The predicted octanol–water partition coefficient (Wildman–Crippen LogP) is 12.0. The van der Waals surface area contributed by atoms with Crippen LogP contribution in [0, 0.1) is 0 Å². The van der Waals surface area contributed by atoms with Crippen LogP contribution in [0.4, 0.5) is 17.1 Å². The van der Waals surface area contributed by atoms with E-state index in [0.717, 1.165) is 11.4 Å². The molecule has 1 aliphatic carbocycles. The van der Waals surface area contributed by atoms with Crippen molar-refractivity contribution in [1.29, 1.82) is 0 Å². The fourth-order valence-corrected chi connectivity index (χ4v) is 9.45. The number of fused-ring (bicyclic) bond motifs is 11. The number of hydrogen-bond donors (Lipinski definition) is 2. The third-order valence-corrected chi connectivity index (χ3v) is 11.7. The summed E-state index contributed by atoms with van der Waals surface area (Å²) in [7, 11) is 0. The normalized spacial score (nSPS) is 17.6. The summed E-state index contributed by atoms with van der Waals surface area (Å²) < 4.78 is 0. The average molecular weight is 692 g/mol. The second-order valence-electron chi connectivity index (χ2n) is 14.5. The van der Waals surface area contributed by atoms with Crippen molar-refractivity contribution in [3.05, 3.63) is 239 Å². The maximum absolute atomic E-state index is 3.99. The Balaban J connectivity index is 1.18. The molecule has 0 saturated carbocycles. The maximum atomic E-state index is 3.99. The second-order valence-corrected chi connectivity index (χ2v) is 14.5. The molecule has 0 radical (unpaired) electrons. The monoisotopic (exact) mass is 691 g/mol. The van der Waals surface area contributed by atoms with Gasteiger partial charge in [0, 0.05) is 11.4 Å². The summed E-state index contributed by atoms with van der Waals surface area (Å²) in [5.41, 5.74) is 15.6. The molecular weight excluding hydrogens is 655 g/mol. The molecule has 256 valence electrons. The standard InChI is InChI=1S/C51H37N3/c1-4-17-35(18-5-1)45-33-46(36-19-6-2-7-20-36)53-50(52-45)37-29-30-40-41-31-28-34-16-10-11-23-39(34)49(41)51(44(40)32-37)42-24-12-14-26-47(42)54(38-21-8-3-9-22-38)48-27-15-13-25-43(48)51/h1-33,45,50,52-53H. The smallest absolute Gasteiger partial charge is 0.104 e. The highest BCUT2D eigenvalue weighted by Gasteiger charge is 2.52. The lowest BCUT2D eigenvalue weighted by Crippen LogP contribution is -2.40. The van der Waals surface area contributed by atoms with E-state index in [-0.39, 0.29) is 12.2 Å². The number of para-hydroxylation sites is 3. The summed E-state index contributed by atoms with van der Waals surface area (Å²) in [6.07, 6.45) is 2.19. The molecule has 0 amide bonds. The van der Waals surface area contributed by atoms with Gasteiger partial charge in [0.25, 0.3) is 0 Å². The van der Waals surface area contributed by atoms with E-state index in [4.69, 9.17) is 0 Å². The summed E-state index contributed by atoms with van der Waals surface area (Å²) in [4.78, 5) is 2.45. The molecule has 0 fully saturated rings. The molecule has 2 atom stereocenters. The Morgan fingerprint density at radius 2 is 1.09 bits per heavy atom. The zero-order chi connectivity index (χ0) is 35.6. The topological polar surface area (TPSA) is 27.3 Å². The molecule has 0 bridgehead atoms. The molecule has 2 aliphatic heterocycles. The van der Waals surface area contributed by atoms with Crippen LogP contribution in [0.5, 0.6) is 0 Å². The van der Waals surface area contributed by atoms with Crippen LogP contribution in [-0.4, -0.2) is 0 Å². The quantitative estimate of drug-likeness (QED) is 0.192. The molecule has 11 rings (SSSR count). The van der Waals surface area contributed by atoms with Crippen LogP contribution < -0.4 is 15.5 Å². The Bertz CT molecular complexity index is 2690. The van der Waals surface area contributed by atoms with Crippen molar-refractivity contribution < 1.29 is 0 Å². The van der Waals surface area contributed by atoms with Gasteiger partial charge in [-0.15, -0.1) is 0 Å². The minimum atomic E-state index is -0.564. The van der Waals surface area contributed by atoms with Gasteiger partial charge in [-0.05, 0) is 91.2 Å². The van der Waals surface area contributed by atoms with Crippen molar-refractivity contribution in [3.8, 4) is 11.1 Å². The van der Waals surface area contributed by atoms with Crippen molar-refractivity contribution in [2.75, 3.05) is 4.90 Å². The van der Waals surface area contributed by atoms with E-state index in [1.54, 1.807) is 0 Å². The molecule has 2 N–H and O–H groups in total. The van der Waals surface area contributed by atoms with E-state index >= 15 is 0 Å². The lowest BCUT2D eigenvalue weighted by atomic mass is 9.63. The zero-order valence-electron chi connectivity index (χ0n) is 29.7. The summed E-state index contributed by atoms with van der Waals surface area (Å²) in [6.45, 7) is 0. The lowest BCUT2D eigenvalue weighted by Gasteiger charge is -2.45. The van der Waals surface area contributed by atoms with E-state index < -0.39 is 5.41 Å². The lowest BCUT2D eigenvalue weighted by molar-refractivity contribution is 0.442. The SMILES string of the molecule is C1=C(c2ccccc2)NC(c2ccc3c(c2)C2(c4ccccc4N(c4ccccc4)c4ccccc42)c2c-3ccc3ccccc23)NC1c1ccccc1. The van der Waals surface area contributed by atoms with E-state index in [1.807, 2.05) is 0 Å². The van der Waals surface area contributed by atoms with Crippen LogP contribution >= 0.6 is 0 Å². The number of anilines is 3. The first-order valence-electron chi connectivity index (χ1n) is 18.8. The first-order chi connectivity index (χ1) is 26.8. The van der Waals surface area contributed by atoms with Crippen molar-refractivity contribution >= 4 is 33.5 Å². The Labute approximate surface area is 315 Å². The number of nitrogens with one attached hydrogen (secondary N) is 2. The van der Waals surface area contributed by atoms with Gasteiger partial charge in [-0.1, -0.05) is 170 Å². The molecule has 3 aliphatic rings. The number of rotatable bonds is 4. The van der Waals surface area contributed by atoms with Gasteiger partial charge in [-0.2, -0.15) is 0 Å². The van der Waals surface area contributed by atoms with Gasteiger partial charge in [-0.3, -0.25) is 5.32 Å². The summed E-state index contributed by atoms with van der Waals surface area (Å²) in [6, 6.07) is 71.2. The van der Waals surface area contributed by atoms with Crippen molar-refractivity contribution in [2.45, 2.75) is 17.6 Å². The fourth-order valence-electron chi connectivity index (χ4n) is 9.45. The largest absolute Gasteiger partial charge is 0.366 e. The molecular formula is C51H37N3. The fraction of sp³-hybridized carbons (Fsp3) is 0.0588. The van der Waals surface area contributed by atoms with E-state index in [0.29, 0.717) is 0 Å². The van der Waals surface area contributed by atoms with Crippen molar-refractivity contribution in [2.24, 2.45) is 0 Å².